The number of nitrogens with zero attached hydrogens (tertiary/aromatic N) is 1. The molecule has 2 aliphatic heterocycles. The van der Waals surface area contributed by atoms with Crippen LogP contribution >= 0.6 is 0 Å². The second-order valence-electron chi connectivity index (χ2n) is 11.3. The SMILES string of the molecule is COC(=O)[C@]12C[C@H](CC(=O)NCCC(C)C)C(=O)N(Cc3ccccc3)C1=C[C@H](C1CCCC1)O[C@@H]2C. The van der Waals surface area contributed by atoms with E-state index in [1.54, 1.807) is 4.90 Å². The van der Waals surface area contributed by atoms with Gasteiger partial charge in [-0.25, -0.2) is 0 Å². The number of benzene rings is 1. The van der Waals surface area contributed by atoms with Gasteiger partial charge >= 0.3 is 5.97 Å². The van der Waals surface area contributed by atoms with Gasteiger partial charge in [0.1, 0.15) is 5.41 Å². The molecule has 1 aliphatic carbocycles. The maximum atomic E-state index is 14.0. The minimum Gasteiger partial charge on any atom is -0.468 e. The van der Waals surface area contributed by atoms with Crippen LogP contribution in [0.1, 0.15) is 71.3 Å². The number of piperidine rings is 1. The molecular weight excluding hydrogens is 468 g/mol. The molecule has 1 aromatic rings. The highest BCUT2D eigenvalue weighted by molar-refractivity contribution is 5.92. The maximum absolute atomic E-state index is 14.0. The van der Waals surface area contributed by atoms with E-state index in [-0.39, 0.29) is 30.8 Å². The van der Waals surface area contributed by atoms with Crippen molar-refractivity contribution in [1.29, 1.82) is 0 Å². The molecular formula is C30H42N2O5. The Morgan fingerprint density at radius 3 is 2.54 bits per heavy atom. The first kappa shape index (κ1) is 27.4. The maximum Gasteiger partial charge on any atom is 0.320 e. The Labute approximate surface area is 221 Å². The number of nitrogens with one attached hydrogen (secondary N) is 1. The van der Waals surface area contributed by atoms with E-state index < -0.39 is 23.4 Å². The molecule has 1 saturated heterocycles. The molecule has 37 heavy (non-hydrogen) atoms. The summed E-state index contributed by atoms with van der Waals surface area (Å²) < 4.78 is 11.9. The average molecular weight is 511 g/mol. The number of likely N-dealkylation sites (tertiary alicyclic amines) is 1. The Morgan fingerprint density at radius 2 is 1.89 bits per heavy atom. The zero-order valence-electron chi connectivity index (χ0n) is 22.7. The summed E-state index contributed by atoms with van der Waals surface area (Å²) in [6, 6.07) is 9.79. The van der Waals surface area contributed by atoms with Crippen LogP contribution in [-0.2, 0) is 30.4 Å². The number of rotatable bonds is 9. The Balaban J connectivity index is 1.71. The van der Waals surface area contributed by atoms with Crippen molar-refractivity contribution in [2.45, 2.75) is 84.5 Å². The molecule has 1 aromatic carbocycles. The number of fused-ring (bicyclic) bond motifs is 1. The van der Waals surface area contributed by atoms with Crippen molar-refractivity contribution >= 4 is 17.8 Å². The van der Waals surface area contributed by atoms with Gasteiger partial charge in [0.2, 0.25) is 11.8 Å². The van der Waals surface area contributed by atoms with Crippen LogP contribution in [0, 0.1) is 23.2 Å². The van der Waals surface area contributed by atoms with Crippen molar-refractivity contribution in [3.63, 3.8) is 0 Å². The first-order chi connectivity index (χ1) is 17.8. The number of esters is 1. The van der Waals surface area contributed by atoms with Crippen LogP contribution in [0.15, 0.2) is 42.1 Å². The molecule has 2 amide bonds. The van der Waals surface area contributed by atoms with E-state index in [9.17, 15) is 14.4 Å². The minimum atomic E-state index is -1.14. The molecule has 2 fully saturated rings. The first-order valence-corrected chi connectivity index (χ1v) is 13.8. The van der Waals surface area contributed by atoms with Crippen LogP contribution in [0.5, 0.6) is 0 Å². The van der Waals surface area contributed by atoms with Crippen molar-refractivity contribution in [1.82, 2.24) is 10.2 Å². The monoisotopic (exact) mass is 510 g/mol. The van der Waals surface area contributed by atoms with Gasteiger partial charge in [-0.05, 0) is 56.1 Å². The third-order valence-corrected chi connectivity index (χ3v) is 8.38. The summed E-state index contributed by atoms with van der Waals surface area (Å²) in [4.78, 5) is 42.2. The quantitative estimate of drug-likeness (QED) is 0.491. The normalized spacial score (nSPS) is 28.1. The summed E-state index contributed by atoms with van der Waals surface area (Å²) in [6.07, 6.45) is 7.00. The van der Waals surface area contributed by atoms with E-state index in [4.69, 9.17) is 9.47 Å². The van der Waals surface area contributed by atoms with Gasteiger partial charge < -0.3 is 19.7 Å². The summed E-state index contributed by atoms with van der Waals surface area (Å²) in [5, 5.41) is 2.96. The molecule has 7 heteroatoms. The molecule has 0 aromatic heterocycles. The average Bonchev–Trinajstić information content (AvgIpc) is 3.42. The predicted molar refractivity (Wildman–Crippen MR) is 141 cm³/mol. The van der Waals surface area contributed by atoms with Gasteiger partial charge in [0.15, 0.2) is 0 Å². The Morgan fingerprint density at radius 1 is 1.19 bits per heavy atom. The molecule has 1 N–H and O–H groups in total. The van der Waals surface area contributed by atoms with Crippen LogP contribution in [-0.4, -0.2) is 48.5 Å². The number of hydrogen-bond acceptors (Lipinski definition) is 5. The van der Waals surface area contributed by atoms with Crippen LogP contribution < -0.4 is 5.32 Å². The number of ether oxygens (including phenoxy) is 2. The highest BCUT2D eigenvalue weighted by Crippen LogP contribution is 2.52. The molecule has 7 nitrogen and oxygen atoms in total. The Bertz CT molecular complexity index is 1000. The van der Waals surface area contributed by atoms with Gasteiger partial charge in [0.25, 0.3) is 0 Å². The molecule has 4 atom stereocenters. The first-order valence-electron chi connectivity index (χ1n) is 13.8. The third-order valence-electron chi connectivity index (χ3n) is 8.38. The summed E-state index contributed by atoms with van der Waals surface area (Å²) in [6.45, 7) is 7.04. The molecule has 3 aliphatic rings. The van der Waals surface area contributed by atoms with Crippen LogP contribution in [0.25, 0.3) is 0 Å². The van der Waals surface area contributed by atoms with Gasteiger partial charge in [0.05, 0.1) is 25.9 Å². The second-order valence-corrected chi connectivity index (χ2v) is 11.3. The smallest absolute Gasteiger partial charge is 0.320 e. The van der Waals surface area contributed by atoms with Crippen molar-refractivity contribution in [3.05, 3.63) is 47.7 Å². The highest BCUT2D eigenvalue weighted by Gasteiger charge is 2.60. The van der Waals surface area contributed by atoms with Gasteiger partial charge in [-0.3, -0.25) is 14.4 Å². The van der Waals surface area contributed by atoms with Gasteiger partial charge in [-0.2, -0.15) is 0 Å². The van der Waals surface area contributed by atoms with Crippen LogP contribution in [0.4, 0.5) is 0 Å². The summed E-state index contributed by atoms with van der Waals surface area (Å²) in [5.74, 6) is -0.489. The number of hydrogen-bond donors (Lipinski definition) is 1. The summed E-state index contributed by atoms with van der Waals surface area (Å²) in [5.41, 5.74) is 0.504. The van der Waals surface area contributed by atoms with E-state index in [0.717, 1.165) is 24.8 Å². The summed E-state index contributed by atoms with van der Waals surface area (Å²) >= 11 is 0. The molecule has 2 heterocycles. The van der Waals surface area contributed by atoms with E-state index >= 15 is 0 Å². The zero-order valence-corrected chi connectivity index (χ0v) is 22.7. The molecule has 0 unspecified atom stereocenters. The fourth-order valence-electron chi connectivity index (χ4n) is 6.27. The summed E-state index contributed by atoms with van der Waals surface area (Å²) in [7, 11) is 1.38. The predicted octanol–water partition coefficient (Wildman–Crippen LogP) is 4.61. The lowest BCUT2D eigenvalue weighted by Crippen LogP contribution is -2.60. The highest BCUT2D eigenvalue weighted by atomic mass is 16.5. The van der Waals surface area contributed by atoms with E-state index in [1.165, 1.54) is 20.0 Å². The molecule has 202 valence electrons. The number of carbonyl (C=O) groups excluding carboxylic acids is 3. The van der Waals surface area contributed by atoms with Crippen LogP contribution in [0.3, 0.4) is 0 Å². The topological polar surface area (TPSA) is 84.9 Å². The molecule has 0 bridgehead atoms. The largest absolute Gasteiger partial charge is 0.468 e. The number of methoxy groups -OCH3 is 1. The fraction of sp³-hybridized carbons (Fsp3) is 0.633. The van der Waals surface area contributed by atoms with E-state index in [0.29, 0.717) is 30.6 Å². The third kappa shape index (κ3) is 5.77. The van der Waals surface area contributed by atoms with Crippen molar-refractivity contribution in [2.24, 2.45) is 23.2 Å². The van der Waals surface area contributed by atoms with E-state index in [1.807, 2.05) is 43.3 Å². The standard InChI is InChI=1S/C30H42N2O5/c1-20(2)14-15-31-27(33)16-24-18-30(29(35)36-4)21(3)37-25(23-12-8-9-13-23)17-26(30)32(28(24)34)19-22-10-6-5-7-11-22/h5-7,10-11,17,20-21,23-25H,8-9,12-16,18-19H2,1-4H3,(H,31,33)/t21-,24+,25-,30+/m1/s1. The molecule has 0 radical (unpaired) electrons. The Kier molecular flexibility index (Phi) is 8.73. The van der Waals surface area contributed by atoms with Gasteiger partial charge in [0, 0.05) is 24.6 Å². The van der Waals surface area contributed by atoms with Crippen molar-refractivity contribution < 1.29 is 23.9 Å². The number of amides is 2. The van der Waals surface area contributed by atoms with Gasteiger partial charge in [-0.15, -0.1) is 0 Å². The van der Waals surface area contributed by atoms with Crippen molar-refractivity contribution in [2.75, 3.05) is 13.7 Å². The van der Waals surface area contributed by atoms with E-state index in [2.05, 4.69) is 19.2 Å². The number of carbonyl (C=O) groups is 3. The molecule has 1 saturated carbocycles. The molecule has 0 spiro atoms. The lowest BCUT2D eigenvalue weighted by atomic mass is 9.66. The minimum absolute atomic E-state index is 0.0347. The lowest BCUT2D eigenvalue weighted by Gasteiger charge is -2.52. The lowest BCUT2D eigenvalue weighted by molar-refractivity contribution is -0.178. The van der Waals surface area contributed by atoms with Gasteiger partial charge in [-0.1, -0.05) is 57.0 Å². The fourth-order valence-corrected chi connectivity index (χ4v) is 6.27. The van der Waals surface area contributed by atoms with Crippen molar-refractivity contribution in [3.8, 4) is 0 Å². The second kappa shape index (κ2) is 11.8. The van der Waals surface area contributed by atoms with Crippen LogP contribution in [0.2, 0.25) is 0 Å². The Hall–Kier alpha value is -2.67. The zero-order chi connectivity index (χ0) is 26.6. The molecule has 4 rings (SSSR count).